The van der Waals surface area contributed by atoms with Gasteiger partial charge in [-0.1, -0.05) is 56.3 Å². The minimum absolute atomic E-state index is 0.240. The van der Waals surface area contributed by atoms with Gasteiger partial charge in [-0.25, -0.2) is 0 Å². The molecule has 4 nitrogen and oxygen atoms in total. The molecule has 0 aliphatic carbocycles. The Morgan fingerprint density at radius 2 is 1.45 bits per heavy atom. The van der Waals surface area contributed by atoms with Crippen LogP contribution in [0.5, 0.6) is 11.5 Å². The minimum Gasteiger partial charge on any atom is -0.422 e. The van der Waals surface area contributed by atoms with Gasteiger partial charge in [0.15, 0.2) is 11.5 Å². The smallest absolute Gasteiger partial charge is 0.311 e. The minimum atomic E-state index is -0.378. The van der Waals surface area contributed by atoms with E-state index in [1.54, 1.807) is 26.0 Å². The number of carbonyl (C=O) groups is 2. The van der Waals surface area contributed by atoms with E-state index < -0.39 is 0 Å². The molecule has 0 aromatic heterocycles. The van der Waals surface area contributed by atoms with Gasteiger partial charge < -0.3 is 9.47 Å². The van der Waals surface area contributed by atoms with Crippen molar-refractivity contribution < 1.29 is 19.1 Å². The predicted molar refractivity (Wildman–Crippen MR) is 83.7 cm³/mol. The summed E-state index contributed by atoms with van der Waals surface area (Å²) < 4.78 is 10.7. The molecule has 2 aromatic carbocycles. The Balaban J connectivity index is 2.50. The van der Waals surface area contributed by atoms with Crippen molar-refractivity contribution in [1.29, 1.82) is 0 Å². The highest BCUT2D eigenvalue weighted by Gasteiger charge is 2.17. The van der Waals surface area contributed by atoms with Crippen molar-refractivity contribution in [2.24, 2.45) is 0 Å². The molecule has 0 atom stereocenters. The number of esters is 2. The molecule has 0 spiro atoms. The van der Waals surface area contributed by atoms with Crippen LogP contribution in [-0.4, -0.2) is 11.9 Å². The first-order chi connectivity index (χ1) is 10.7. The van der Waals surface area contributed by atoms with Gasteiger partial charge in [0, 0.05) is 18.4 Å². The van der Waals surface area contributed by atoms with E-state index in [4.69, 9.17) is 9.47 Å². The van der Waals surface area contributed by atoms with Gasteiger partial charge in [-0.05, 0) is 11.6 Å². The highest BCUT2D eigenvalue weighted by atomic mass is 16.6. The maximum absolute atomic E-state index is 11.7. The van der Waals surface area contributed by atoms with Gasteiger partial charge in [0.1, 0.15) is 0 Å². The molecule has 0 bridgehead atoms. The maximum atomic E-state index is 11.7. The Morgan fingerprint density at radius 3 is 2.09 bits per heavy atom. The van der Waals surface area contributed by atoms with Gasteiger partial charge in [0.2, 0.25) is 0 Å². The van der Waals surface area contributed by atoms with Gasteiger partial charge in [-0.15, -0.1) is 0 Å². The average molecular weight is 298 g/mol. The lowest BCUT2D eigenvalue weighted by Crippen LogP contribution is -2.11. The maximum Gasteiger partial charge on any atom is 0.311 e. The van der Waals surface area contributed by atoms with E-state index >= 15 is 0 Å². The van der Waals surface area contributed by atoms with Crippen LogP contribution in [0.1, 0.15) is 26.7 Å². The lowest BCUT2D eigenvalue weighted by molar-refractivity contribution is -0.136. The number of para-hydroxylation sites is 1. The number of ether oxygens (including phenoxy) is 2. The van der Waals surface area contributed by atoms with Crippen LogP contribution in [0.3, 0.4) is 0 Å². The molecule has 0 fully saturated rings. The van der Waals surface area contributed by atoms with Gasteiger partial charge in [0.05, 0.1) is 0 Å². The topological polar surface area (TPSA) is 52.6 Å². The second kappa shape index (κ2) is 7.41. The van der Waals surface area contributed by atoms with Gasteiger partial charge in [0.25, 0.3) is 0 Å². The molecule has 0 aliphatic heterocycles. The zero-order valence-corrected chi connectivity index (χ0v) is 12.7. The van der Waals surface area contributed by atoms with E-state index in [0.717, 1.165) is 5.56 Å². The van der Waals surface area contributed by atoms with Crippen molar-refractivity contribution in [2.75, 3.05) is 0 Å². The molecule has 2 rings (SSSR count). The van der Waals surface area contributed by atoms with Crippen LogP contribution in [0.4, 0.5) is 0 Å². The van der Waals surface area contributed by atoms with Crippen molar-refractivity contribution in [3.05, 3.63) is 48.5 Å². The van der Waals surface area contributed by atoms with Crippen molar-refractivity contribution in [2.45, 2.75) is 26.7 Å². The number of rotatable bonds is 5. The molecule has 0 amide bonds. The third-order valence-electron chi connectivity index (χ3n) is 3.08. The monoisotopic (exact) mass is 298 g/mol. The van der Waals surface area contributed by atoms with Crippen LogP contribution in [0.25, 0.3) is 11.1 Å². The summed E-state index contributed by atoms with van der Waals surface area (Å²) in [6.07, 6.45) is 0.487. The molecule has 4 heteroatoms. The molecule has 0 saturated carbocycles. The Kier molecular flexibility index (Phi) is 5.31. The summed E-state index contributed by atoms with van der Waals surface area (Å²) in [6, 6.07) is 14.7. The van der Waals surface area contributed by atoms with Gasteiger partial charge in [-0.2, -0.15) is 0 Å². The summed E-state index contributed by atoms with van der Waals surface area (Å²) in [6.45, 7) is 3.42. The molecule has 0 saturated heterocycles. The fraction of sp³-hybridized carbons (Fsp3) is 0.222. The van der Waals surface area contributed by atoms with Crippen LogP contribution in [0.2, 0.25) is 0 Å². The summed E-state index contributed by atoms with van der Waals surface area (Å²) >= 11 is 0. The van der Waals surface area contributed by atoms with E-state index in [0.29, 0.717) is 5.56 Å². The van der Waals surface area contributed by atoms with Crippen LogP contribution in [0.15, 0.2) is 48.5 Å². The standard InChI is InChI=1S/C18H18O4/c1-3-16(19)21-15-12-8-11-14(13-9-6-5-7-10-13)18(15)22-17(20)4-2/h5-12H,3-4H2,1-2H3. The average Bonchev–Trinajstić information content (AvgIpc) is 2.56. The Labute approximate surface area is 129 Å². The predicted octanol–water partition coefficient (Wildman–Crippen LogP) is 3.98. The summed E-state index contributed by atoms with van der Waals surface area (Å²) in [5.74, 6) is -0.214. The van der Waals surface area contributed by atoms with E-state index in [1.807, 2.05) is 36.4 Å². The molecule has 0 aliphatic rings. The molecule has 0 heterocycles. The van der Waals surface area contributed by atoms with E-state index in [9.17, 15) is 9.59 Å². The molecule has 114 valence electrons. The normalized spacial score (nSPS) is 10.1. The molecule has 2 aromatic rings. The zero-order chi connectivity index (χ0) is 15.9. The van der Waals surface area contributed by atoms with Crippen LogP contribution < -0.4 is 9.47 Å². The highest BCUT2D eigenvalue weighted by molar-refractivity contribution is 5.82. The van der Waals surface area contributed by atoms with Gasteiger partial charge in [-0.3, -0.25) is 9.59 Å². The fourth-order valence-electron chi connectivity index (χ4n) is 1.93. The number of carbonyl (C=O) groups excluding carboxylic acids is 2. The van der Waals surface area contributed by atoms with Crippen LogP contribution in [-0.2, 0) is 9.59 Å². The van der Waals surface area contributed by atoms with Gasteiger partial charge >= 0.3 is 11.9 Å². The van der Waals surface area contributed by atoms with Crippen molar-refractivity contribution in [3.8, 4) is 22.6 Å². The Morgan fingerprint density at radius 1 is 0.818 bits per heavy atom. The lowest BCUT2D eigenvalue weighted by Gasteiger charge is -2.14. The number of hydrogen-bond donors (Lipinski definition) is 0. The van der Waals surface area contributed by atoms with E-state index in [2.05, 4.69) is 0 Å². The zero-order valence-electron chi connectivity index (χ0n) is 12.7. The molecular weight excluding hydrogens is 280 g/mol. The quantitative estimate of drug-likeness (QED) is 0.619. The second-order valence-corrected chi connectivity index (χ2v) is 4.65. The summed E-state index contributed by atoms with van der Waals surface area (Å²) in [4.78, 5) is 23.3. The third-order valence-corrected chi connectivity index (χ3v) is 3.08. The molecular formula is C18H18O4. The summed E-state index contributed by atoms with van der Waals surface area (Å²) in [7, 11) is 0. The van der Waals surface area contributed by atoms with Crippen molar-refractivity contribution >= 4 is 11.9 Å². The highest BCUT2D eigenvalue weighted by Crippen LogP contribution is 2.38. The number of benzene rings is 2. The summed E-state index contributed by atoms with van der Waals surface area (Å²) in [5.41, 5.74) is 1.60. The van der Waals surface area contributed by atoms with Crippen molar-refractivity contribution in [1.82, 2.24) is 0 Å². The molecule has 22 heavy (non-hydrogen) atoms. The Hall–Kier alpha value is -2.62. The molecule has 0 N–H and O–H groups in total. The van der Waals surface area contributed by atoms with Crippen LogP contribution >= 0.6 is 0 Å². The first kappa shape index (κ1) is 15.8. The van der Waals surface area contributed by atoms with Crippen molar-refractivity contribution in [3.63, 3.8) is 0 Å². The largest absolute Gasteiger partial charge is 0.422 e. The molecule has 0 radical (unpaired) electrons. The lowest BCUT2D eigenvalue weighted by atomic mass is 10.0. The second-order valence-electron chi connectivity index (χ2n) is 4.65. The summed E-state index contributed by atoms with van der Waals surface area (Å²) in [5, 5.41) is 0. The fourth-order valence-corrected chi connectivity index (χ4v) is 1.93. The molecule has 0 unspecified atom stereocenters. The van der Waals surface area contributed by atoms with E-state index in [-0.39, 0.29) is 36.3 Å². The first-order valence-corrected chi connectivity index (χ1v) is 7.25. The SMILES string of the molecule is CCC(=O)Oc1cccc(-c2ccccc2)c1OC(=O)CC. The Bertz CT molecular complexity index is 662. The van der Waals surface area contributed by atoms with E-state index in [1.165, 1.54) is 0 Å². The number of hydrogen-bond acceptors (Lipinski definition) is 4. The first-order valence-electron chi connectivity index (χ1n) is 7.25. The third kappa shape index (κ3) is 3.73. The van der Waals surface area contributed by atoms with Crippen LogP contribution in [0, 0.1) is 0 Å².